The molecule has 1 aromatic rings. The average Bonchev–Trinajstić information content (AvgIpc) is 2.39. The van der Waals surface area contributed by atoms with Crippen molar-refractivity contribution in [3.63, 3.8) is 0 Å². The minimum absolute atomic E-state index is 0.173. The van der Waals surface area contributed by atoms with Crippen LogP contribution < -0.4 is 9.73 Å². The van der Waals surface area contributed by atoms with Crippen LogP contribution in [0, 0.1) is 5.41 Å². The van der Waals surface area contributed by atoms with E-state index in [1.54, 1.807) is 24.3 Å². The van der Waals surface area contributed by atoms with E-state index in [9.17, 15) is 13.2 Å². The minimum atomic E-state index is -3.59. The third-order valence-electron chi connectivity index (χ3n) is 3.22. The molecule has 0 saturated heterocycles. The van der Waals surface area contributed by atoms with Crippen LogP contribution in [0.2, 0.25) is 0 Å². The number of hydrazone groups is 1. The van der Waals surface area contributed by atoms with Gasteiger partial charge in [-0.1, -0.05) is 42.8 Å². The van der Waals surface area contributed by atoms with Gasteiger partial charge in [0.25, 0.3) is 5.91 Å². The quantitative estimate of drug-likeness (QED) is 0.606. The standard InChI is InChI=1S/C15H22BrN3O3S/c1-11(15(2,3)4)17-18-14(20)10-19(23(5,21)22)13-8-6-7-12(16)9-13/h6-9H,10H2,1-5H3,(H,18,20)/b17-11+. The van der Waals surface area contributed by atoms with Crippen molar-refractivity contribution in [2.24, 2.45) is 10.5 Å². The number of sulfonamides is 1. The number of amides is 1. The van der Waals surface area contributed by atoms with E-state index in [4.69, 9.17) is 0 Å². The zero-order chi connectivity index (χ0) is 17.8. The van der Waals surface area contributed by atoms with Crippen LogP contribution in [0.1, 0.15) is 27.7 Å². The van der Waals surface area contributed by atoms with Gasteiger partial charge in [-0.05, 0) is 25.1 Å². The van der Waals surface area contributed by atoms with Gasteiger partial charge in [0.15, 0.2) is 0 Å². The number of benzene rings is 1. The van der Waals surface area contributed by atoms with Crippen molar-refractivity contribution in [1.82, 2.24) is 5.43 Å². The Kier molecular flexibility index (Phi) is 6.35. The van der Waals surface area contributed by atoms with Crippen LogP contribution in [-0.2, 0) is 14.8 Å². The van der Waals surface area contributed by atoms with E-state index < -0.39 is 15.9 Å². The summed E-state index contributed by atoms with van der Waals surface area (Å²) in [5, 5.41) is 4.03. The maximum absolute atomic E-state index is 12.1. The zero-order valence-corrected chi connectivity index (χ0v) is 16.3. The van der Waals surface area contributed by atoms with Gasteiger partial charge in [0.1, 0.15) is 6.54 Å². The Hall–Kier alpha value is -1.41. The predicted molar refractivity (Wildman–Crippen MR) is 97.0 cm³/mol. The summed E-state index contributed by atoms with van der Waals surface area (Å²) in [5.41, 5.74) is 3.39. The Balaban J connectivity index is 2.94. The third kappa shape index (κ3) is 6.31. The molecule has 0 aliphatic carbocycles. The summed E-state index contributed by atoms with van der Waals surface area (Å²) in [6.07, 6.45) is 1.06. The molecule has 1 amide bonds. The fourth-order valence-corrected chi connectivity index (χ4v) is 2.75. The van der Waals surface area contributed by atoms with Crippen LogP contribution in [0.4, 0.5) is 5.69 Å². The second-order valence-corrected chi connectivity index (χ2v) is 9.05. The molecule has 1 aromatic carbocycles. The van der Waals surface area contributed by atoms with Gasteiger partial charge < -0.3 is 0 Å². The highest BCUT2D eigenvalue weighted by atomic mass is 79.9. The maximum atomic E-state index is 12.1. The van der Waals surface area contributed by atoms with Gasteiger partial charge in [0.2, 0.25) is 10.0 Å². The Morgan fingerprint density at radius 3 is 2.43 bits per heavy atom. The molecule has 0 fully saturated rings. The normalized spacial score (nSPS) is 12.9. The Morgan fingerprint density at radius 2 is 1.96 bits per heavy atom. The molecule has 0 saturated carbocycles. The molecule has 0 heterocycles. The lowest BCUT2D eigenvalue weighted by Gasteiger charge is -2.22. The molecule has 0 bridgehead atoms. The van der Waals surface area contributed by atoms with Crippen molar-refractivity contribution >= 4 is 43.3 Å². The lowest BCUT2D eigenvalue weighted by molar-refractivity contribution is -0.119. The summed E-state index contributed by atoms with van der Waals surface area (Å²) in [6.45, 7) is 7.39. The lowest BCUT2D eigenvalue weighted by Crippen LogP contribution is -2.39. The Morgan fingerprint density at radius 1 is 1.35 bits per heavy atom. The molecule has 0 aromatic heterocycles. The first-order valence-corrected chi connectivity index (χ1v) is 9.62. The number of nitrogens with one attached hydrogen (secondary N) is 1. The number of hydrogen-bond acceptors (Lipinski definition) is 4. The summed E-state index contributed by atoms with van der Waals surface area (Å²) in [4.78, 5) is 12.1. The van der Waals surface area contributed by atoms with Crippen molar-refractivity contribution in [3.05, 3.63) is 28.7 Å². The molecule has 8 heteroatoms. The molecule has 23 heavy (non-hydrogen) atoms. The third-order valence-corrected chi connectivity index (χ3v) is 4.85. The number of carbonyl (C=O) groups excluding carboxylic acids is 1. The average molecular weight is 404 g/mol. The van der Waals surface area contributed by atoms with Gasteiger partial charge >= 0.3 is 0 Å². The SMILES string of the molecule is C/C(=N\NC(=O)CN(c1cccc(Br)c1)S(C)(=O)=O)C(C)(C)C. The van der Waals surface area contributed by atoms with Crippen molar-refractivity contribution in [3.8, 4) is 0 Å². The summed E-state index contributed by atoms with van der Waals surface area (Å²) in [7, 11) is -3.59. The van der Waals surface area contributed by atoms with Crippen LogP contribution in [-0.4, -0.2) is 32.8 Å². The number of rotatable bonds is 5. The van der Waals surface area contributed by atoms with Gasteiger partial charge in [-0.2, -0.15) is 5.10 Å². The van der Waals surface area contributed by atoms with Gasteiger partial charge in [-0.3, -0.25) is 9.10 Å². The minimum Gasteiger partial charge on any atom is -0.271 e. The molecule has 0 atom stereocenters. The Bertz CT molecular complexity index is 709. The number of hydrogen-bond donors (Lipinski definition) is 1. The molecule has 6 nitrogen and oxygen atoms in total. The van der Waals surface area contributed by atoms with E-state index in [1.165, 1.54) is 0 Å². The first-order valence-electron chi connectivity index (χ1n) is 6.98. The number of carbonyl (C=O) groups is 1. The summed E-state index contributed by atoms with van der Waals surface area (Å²) in [5.74, 6) is -0.501. The summed E-state index contributed by atoms with van der Waals surface area (Å²) < 4.78 is 25.7. The molecular formula is C15H22BrN3O3S. The lowest BCUT2D eigenvalue weighted by atomic mass is 9.91. The Labute approximate surface area is 146 Å². The smallest absolute Gasteiger partial charge is 0.260 e. The van der Waals surface area contributed by atoms with Gasteiger partial charge in [0.05, 0.1) is 11.9 Å². The van der Waals surface area contributed by atoms with Crippen LogP contribution in [0.5, 0.6) is 0 Å². The van der Waals surface area contributed by atoms with E-state index in [-0.39, 0.29) is 12.0 Å². The van der Waals surface area contributed by atoms with Crippen molar-refractivity contribution in [2.45, 2.75) is 27.7 Å². The fraction of sp³-hybridized carbons (Fsp3) is 0.467. The van der Waals surface area contributed by atoms with E-state index in [2.05, 4.69) is 26.5 Å². The largest absolute Gasteiger partial charge is 0.271 e. The zero-order valence-electron chi connectivity index (χ0n) is 13.9. The maximum Gasteiger partial charge on any atom is 0.260 e. The predicted octanol–water partition coefficient (Wildman–Crippen LogP) is 2.75. The molecule has 1 N–H and O–H groups in total. The number of nitrogens with zero attached hydrogens (tertiary/aromatic N) is 2. The molecule has 0 spiro atoms. The number of anilines is 1. The second-order valence-electron chi connectivity index (χ2n) is 6.23. The number of halogens is 1. The molecule has 0 unspecified atom stereocenters. The van der Waals surface area contributed by atoms with E-state index in [1.807, 2.05) is 27.7 Å². The van der Waals surface area contributed by atoms with Crippen molar-refractivity contribution in [1.29, 1.82) is 0 Å². The van der Waals surface area contributed by atoms with E-state index in [0.717, 1.165) is 20.7 Å². The fourth-order valence-electron chi connectivity index (χ4n) is 1.51. The van der Waals surface area contributed by atoms with Crippen LogP contribution in [0.15, 0.2) is 33.8 Å². The molecule has 0 radical (unpaired) electrons. The second kappa shape index (κ2) is 7.44. The summed E-state index contributed by atoms with van der Waals surface area (Å²) in [6, 6.07) is 6.75. The molecule has 128 valence electrons. The highest BCUT2D eigenvalue weighted by Crippen LogP contribution is 2.22. The van der Waals surface area contributed by atoms with Gasteiger partial charge in [-0.15, -0.1) is 0 Å². The monoisotopic (exact) mass is 403 g/mol. The summed E-state index contributed by atoms with van der Waals surface area (Å²) >= 11 is 3.29. The van der Waals surface area contributed by atoms with Gasteiger partial charge in [-0.25, -0.2) is 13.8 Å². The molecule has 1 rings (SSSR count). The topological polar surface area (TPSA) is 78.8 Å². The van der Waals surface area contributed by atoms with Crippen LogP contribution >= 0.6 is 15.9 Å². The first-order chi connectivity index (χ1) is 10.4. The highest BCUT2D eigenvalue weighted by Gasteiger charge is 2.21. The van der Waals surface area contributed by atoms with E-state index >= 15 is 0 Å². The molecular weight excluding hydrogens is 382 g/mol. The highest BCUT2D eigenvalue weighted by molar-refractivity contribution is 9.10. The van der Waals surface area contributed by atoms with Gasteiger partial charge in [0, 0.05) is 15.6 Å². The van der Waals surface area contributed by atoms with Crippen LogP contribution in [0.3, 0.4) is 0 Å². The van der Waals surface area contributed by atoms with Crippen molar-refractivity contribution < 1.29 is 13.2 Å². The van der Waals surface area contributed by atoms with Crippen molar-refractivity contribution in [2.75, 3.05) is 17.1 Å². The molecule has 0 aliphatic heterocycles. The van der Waals surface area contributed by atoms with Crippen LogP contribution in [0.25, 0.3) is 0 Å². The first kappa shape index (κ1) is 19.6. The van der Waals surface area contributed by atoms with E-state index in [0.29, 0.717) is 5.69 Å². The molecule has 0 aliphatic rings.